The Morgan fingerprint density at radius 1 is 0.708 bits per heavy atom. The molecule has 11 heteroatoms. The van der Waals surface area contributed by atoms with Crippen LogP contribution in [0.3, 0.4) is 0 Å². The van der Waals surface area contributed by atoms with Gasteiger partial charge in [-0.3, -0.25) is 5.41 Å². The maximum Gasteiger partial charge on any atom is 0.265 e. The van der Waals surface area contributed by atoms with Gasteiger partial charge in [0, 0.05) is 0 Å². The summed E-state index contributed by atoms with van der Waals surface area (Å²) in [5, 5.41) is 10.3. The van der Waals surface area contributed by atoms with Gasteiger partial charge in [0.25, 0.3) is 12.1 Å². The quantitative estimate of drug-likeness (QED) is 0.0970. The molecule has 0 radical (unpaired) electrons. The summed E-state index contributed by atoms with van der Waals surface area (Å²) in [4.78, 5) is 0. The highest BCUT2D eigenvalue weighted by Gasteiger charge is 2.58. The van der Waals surface area contributed by atoms with Gasteiger partial charge < -0.3 is 23.1 Å². The van der Waals surface area contributed by atoms with Crippen LogP contribution in [0.15, 0.2) is 91.0 Å². The average molecular weight is 751 g/mol. The molecule has 1 aliphatic heterocycles. The molecule has 0 amide bonds. The molecule has 1 saturated heterocycles. The zero-order valence-electron chi connectivity index (χ0n) is 29.4. The molecule has 3 aromatic rings. The third-order valence-corrected chi connectivity index (χ3v) is 19.5. The molecular formula is C37H50Cl3NO5Si2. The Labute approximate surface area is 304 Å². The van der Waals surface area contributed by atoms with Gasteiger partial charge in [-0.1, -0.05) is 167 Å². The van der Waals surface area contributed by atoms with Gasteiger partial charge in [-0.25, -0.2) is 0 Å². The zero-order valence-corrected chi connectivity index (χ0v) is 33.7. The summed E-state index contributed by atoms with van der Waals surface area (Å²) < 4.78 is 32.3. The van der Waals surface area contributed by atoms with Crippen LogP contribution in [0.5, 0.6) is 0 Å². The van der Waals surface area contributed by atoms with E-state index in [0.29, 0.717) is 0 Å². The average Bonchev–Trinajstić information content (AvgIpc) is 3.00. The molecule has 1 heterocycles. The summed E-state index contributed by atoms with van der Waals surface area (Å²) in [5.41, 5.74) is 0.960. The third kappa shape index (κ3) is 8.76. The van der Waals surface area contributed by atoms with Gasteiger partial charge in [-0.05, 0) is 46.0 Å². The van der Waals surface area contributed by atoms with Crippen LogP contribution < -0.4 is 10.4 Å². The Morgan fingerprint density at radius 2 is 1.19 bits per heavy atom. The first-order valence-electron chi connectivity index (χ1n) is 16.4. The van der Waals surface area contributed by atoms with Crippen LogP contribution >= 0.6 is 34.8 Å². The third-order valence-electron chi connectivity index (χ3n) is 9.47. The fourth-order valence-corrected chi connectivity index (χ4v) is 12.1. The number of nitrogens with one attached hydrogen (secondary N) is 1. The van der Waals surface area contributed by atoms with Crippen molar-refractivity contribution in [1.82, 2.24) is 0 Å². The van der Waals surface area contributed by atoms with Crippen molar-refractivity contribution >= 4 is 67.7 Å². The van der Waals surface area contributed by atoms with Gasteiger partial charge in [0.15, 0.2) is 8.32 Å². The monoisotopic (exact) mass is 749 g/mol. The number of alkyl halides is 3. The highest BCUT2D eigenvalue weighted by atomic mass is 35.6. The van der Waals surface area contributed by atoms with E-state index in [0.717, 1.165) is 15.9 Å². The van der Waals surface area contributed by atoms with E-state index in [1.807, 2.05) is 49.4 Å². The fourth-order valence-electron chi connectivity index (χ4n) is 5.90. The Kier molecular flexibility index (Phi) is 12.4. The molecule has 0 aromatic heterocycles. The molecule has 3 aromatic carbocycles. The fraction of sp³-hybridized carbons (Fsp3) is 0.486. The maximum absolute atomic E-state index is 8.46. The summed E-state index contributed by atoms with van der Waals surface area (Å²) in [6.45, 7) is 19.9. The lowest BCUT2D eigenvalue weighted by molar-refractivity contribution is -0.279. The van der Waals surface area contributed by atoms with Gasteiger partial charge in [0.1, 0.15) is 12.2 Å². The lowest BCUT2D eigenvalue weighted by Crippen LogP contribution is -2.72. The number of rotatable bonds is 10. The van der Waals surface area contributed by atoms with Gasteiger partial charge >= 0.3 is 0 Å². The van der Waals surface area contributed by atoms with E-state index in [4.69, 9.17) is 63.3 Å². The lowest BCUT2D eigenvalue weighted by atomic mass is 9.99. The molecule has 0 aliphatic carbocycles. The largest absolute Gasteiger partial charge is 0.445 e. The molecule has 0 spiro atoms. The highest BCUT2D eigenvalue weighted by molar-refractivity contribution is 6.99. The number of hydrogen-bond donors (Lipinski definition) is 1. The Morgan fingerprint density at radius 3 is 1.62 bits per heavy atom. The van der Waals surface area contributed by atoms with E-state index in [2.05, 4.69) is 103 Å². The SMILES string of the molecule is C[C@@H]1O[C@@H](OC(=N)C(Cl)(Cl)Cl)[C@H](OCc2ccccc2)[C@H](O[Si](C)(C)C(C)(C)C)[C@H]1O[Si](c1ccccc1)(c1ccccc1)C(C)(C)C. The molecular weight excluding hydrogens is 701 g/mol. The molecule has 4 rings (SSSR count). The Hall–Kier alpha value is -1.73. The maximum atomic E-state index is 8.46. The first-order valence-corrected chi connectivity index (χ1v) is 22.3. The van der Waals surface area contributed by atoms with Crippen LogP contribution in [-0.2, 0) is 29.7 Å². The van der Waals surface area contributed by atoms with Crippen LogP contribution in [0.1, 0.15) is 54.0 Å². The molecule has 0 unspecified atom stereocenters. The number of halogens is 3. The van der Waals surface area contributed by atoms with E-state index in [1.165, 1.54) is 0 Å². The van der Waals surface area contributed by atoms with E-state index in [9.17, 15) is 0 Å². The minimum Gasteiger partial charge on any atom is -0.445 e. The van der Waals surface area contributed by atoms with Crippen molar-refractivity contribution in [3.8, 4) is 0 Å². The van der Waals surface area contributed by atoms with Crippen LogP contribution in [0.25, 0.3) is 0 Å². The first kappa shape index (κ1) is 39.1. The smallest absolute Gasteiger partial charge is 0.265 e. The highest BCUT2D eigenvalue weighted by Crippen LogP contribution is 2.44. The van der Waals surface area contributed by atoms with Crippen molar-refractivity contribution in [1.29, 1.82) is 5.41 Å². The van der Waals surface area contributed by atoms with E-state index in [-0.39, 0.29) is 16.7 Å². The molecule has 1 N–H and O–H groups in total. The van der Waals surface area contributed by atoms with E-state index >= 15 is 0 Å². The molecule has 6 nitrogen and oxygen atoms in total. The van der Waals surface area contributed by atoms with Crippen molar-refractivity contribution in [2.75, 3.05) is 0 Å². The molecule has 1 aliphatic rings. The van der Waals surface area contributed by atoms with Crippen molar-refractivity contribution in [3.05, 3.63) is 96.6 Å². The standard InChI is InChI=1S/C37H50Cl3NO5Si2/c1-26-30(46-48(36(5,6)7,28-21-15-11-16-22-28)29-23-17-12-18-24-29)31(45-47(8,9)35(2,3)4)32(42-25-27-19-13-10-14-20-27)33(43-26)44-34(41)37(38,39)40/h10-24,26,30-33,41H,25H2,1-9H3/t26-,30-,31+,32+,33-/m0/s1. The number of benzene rings is 3. The van der Waals surface area contributed by atoms with Gasteiger partial charge in [-0.2, -0.15) is 0 Å². The Bertz CT molecular complexity index is 1440. The van der Waals surface area contributed by atoms with Crippen molar-refractivity contribution in [2.24, 2.45) is 0 Å². The number of ether oxygens (including phenoxy) is 3. The predicted molar refractivity (Wildman–Crippen MR) is 203 cm³/mol. The second-order valence-corrected chi connectivity index (χ2v) is 26.3. The van der Waals surface area contributed by atoms with Crippen LogP contribution in [0.2, 0.25) is 23.2 Å². The second kappa shape index (κ2) is 15.3. The zero-order chi connectivity index (χ0) is 35.5. The predicted octanol–water partition coefficient (Wildman–Crippen LogP) is 9.02. The Balaban J connectivity index is 1.92. The van der Waals surface area contributed by atoms with Crippen LogP contribution in [0, 0.1) is 5.41 Å². The molecule has 0 bridgehead atoms. The molecule has 5 atom stereocenters. The van der Waals surface area contributed by atoms with Gasteiger partial charge in [-0.15, -0.1) is 0 Å². The lowest BCUT2D eigenvalue weighted by Gasteiger charge is -2.53. The minimum absolute atomic E-state index is 0.138. The van der Waals surface area contributed by atoms with Crippen LogP contribution in [0.4, 0.5) is 0 Å². The van der Waals surface area contributed by atoms with Crippen molar-refractivity contribution in [3.63, 3.8) is 0 Å². The molecule has 262 valence electrons. The van der Waals surface area contributed by atoms with Gasteiger partial charge in [0.2, 0.25) is 12.2 Å². The van der Waals surface area contributed by atoms with Crippen molar-refractivity contribution in [2.45, 2.75) is 113 Å². The molecule has 48 heavy (non-hydrogen) atoms. The minimum atomic E-state index is -3.09. The summed E-state index contributed by atoms with van der Waals surface area (Å²) in [6.07, 6.45) is -3.75. The summed E-state index contributed by atoms with van der Waals surface area (Å²) in [6, 6.07) is 30.9. The summed E-state index contributed by atoms with van der Waals surface area (Å²) in [5.74, 6) is -0.560. The molecule has 1 fully saturated rings. The van der Waals surface area contributed by atoms with E-state index in [1.54, 1.807) is 0 Å². The summed E-state index contributed by atoms with van der Waals surface area (Å²) in [7, 11) is -5.58. The normalized spacial score (nSPS) is 22.7. The number of hydrogen-bond acceptors (Lipinski definition) is 6. The molecule has 0 saturated carbocycles. The van der Waals surface area contributed by atoms with Gasteiger partial charge in [0.05, 0.1) is 18.8 Å². The first-order chi connectivity index (χ1) is 22.3. The summed E-state index contributed by atoms with van der Waals surface area (Å²) >= 11 is 18.3. The van der Waals surface area contributed by atoms with Crippen molar-refractivity contribution < 1.29 is 23.1 Å². The van der Waals surface area contributed by atoms with Crippen LogP contribution in [-0.4, -0.2) is 57.0 Å². The second-order valence-electron chi connectivity index (χ2n) is 15.0. The van der Waals surface area contributed by atoms with E-state index < -0.39 is 57.0 Å². The topological polar surface area (TPSA) is 70.0 Å².